The molecule has 0 saturated heterocycles. The lowest BCUT2D eigenvalue weighted by Crippen LogP contribution is -2.20. The zero-order chi connectivity index (χ0) is 10.0. The number of Topliss-reactive ketones (excluding diaryl/α,β-unsaturated/α-hetero) is 1. The number of hydrogen-bond acceptors (Lipinski definition) is 1. The van der Waals surface area contributed by atoms with Crippen LogP contribution in [0.3, 0.4) is 0 Å². The van der Waals surface area contributed by atoms with Gasteiger partial charge in [0, 0.05) is 0 Å². The van der Waals surface area contributed by atoms with Gasteiger partial charge in [-0.15, -0.1) is 0 Å². The van der Waals surface area contributed by atoms with Crippen LogP contribution in [0.25, 0.3) is 0 Å². The van der Waals surface area contributed by atoms with Gasteiger partial charge in [-0.1, -0.05) is 27.5 Å². The lowest BCUT2D eigenvalue weighted by Gasteiger charge is -2.04. The first kappa shape index (κ1) is 10.4. The van der Waals surface area contributed by atoms with Crippen LogP contribution in [0.2, 0.25) is 0 Å². The molecule has 1 rings (SSSR count). The van der Waals surface area contributed by atoms with Gasteiger partial charge in [0.15, 0.2) is 17.4 Å². The van der Waals surface area contributed by atoms with E-state index in [0.29, 0.717) is 0 Å². The third kappa shape index (κ3) is 1.96. The topological polar surface area (TPSA) is 17.1 Å². The Kier molecular flexibility index (Phi) is 3.19. The second kappa shape index (κ2) is 4.00. The molecule has 0 saturated carbocycles. The summed E-state index contributed by atoms with van der Waals surface area (Å²) in [6, 6.07) is 2.05. The van der Waals surface area contributed by atoms with Crippen molar-refractivity contribution in [3.8, 4) is 0 Å². The SMILES string of the molecule is [B]c1ccc(F)c(F)c1C(=O)CBr. The van der Waals surface area contributed by atoms with Crippen LogP contribution in [0.5, 0.6) is 0 Å². The monoisotopic (exact) mass is 244 g/mol. The molecule has 0 aliphatic carbocycles. The Morgan fingerprint density at radius 3 is 2.62 bits per heavy atom. The first-order chi connectivity index (χ1) is 6.07. The molecule has 0 heterocycles. The summed E-state index contributed by atoms with van der Waals surface area (Å²) in [7, 11) is 5.32. The van der Waals surface area contributed by atoms with Crippen LogP contribution in [0.4, 0.5) is 8.78 Å². The molecule has 0 aromatic heterocycles. The third-order valence-corrected chi connectivity index (χ3v) is 2.04. The molecule has 0 spiro atoms. The Morgan fingerprint density at radius 2 is 2.08 bits per heavy atom. The minimum absolute atomic E-state index is 0.0525. The van der Waals surface area contributed by atoms with E-state index in [4.69, 9.17) is 7.85 Å². The largest absolute Gasteiger partial charge is 0.293 e. The number of ketones is 1. The molecule has 0 unspecified atom stereocenters. The third-order valence-electron chi connectivity index (χ3n) is 1.53. The zero-order valence-corrected chi connectivity index (χ0v) is 8.07. The first-order valence-corrected chi connectivity index (χ1v) is 4.52. The fourth-order valence-electron chi connectivity index (χ4n) is 0.916. The molecule has 0 amide bonds. The quantitative estimate of drug-likeness (QED) is 0.436. The van der Waals surface area contributed by atoms with E-state index in [2.05, 4.69) is 15.9 Å². The average molecular weight is 245 g/mol. The molecule has 1 aromatic carbocycles. The van der Waals surface area contributed by atoms with Crippen LogP contribution >= 0.6 is 15.9 Å². The Hall–Kier alpha value is -0.705. The maximum Gasteiger partial charge on any atom is 0.175 e. The smallest absolute Gasteiger partial charge is 0.175 e. The molecule has 0 aliphatic rings. The molecule has 0 aliphatic heterocycles. The van der Waals surface area contributed by atoms with Gasteiger partial charge in [-0.25, -0.2) is 8.78 Å². The number of benzene rings is 1. The molecular weight excluding hydrogens is 241 g/mol. The van der Waals surface area contributed by atoms with Crippen molar-refractivity contribution in [3.63, 3.8) is 0 Å². The number of alkyl halides is 1. The fraction of sp³-hybridized carbons (Fsp3) is 0.125. The number of carbonyl (C=O) groups excluding carboxylic acids is 1. The van der Waals surface area contributed by atoms with E-state index in [1.54, 1.807) is 0 Å². The summed E-state index contributed by atoms with van der Waals surface area (Å²) in [5.74, 6) is -2.84. The van der Waals surface area contributed by atoms with Crippen LogP contribution in [-0.2, 0) is 0 Å². The first-order valence-electron chi connectivity index (χ1n) is 3.40. The van der Waals surface area contributed by atoms with Crippen LogP contribution < -0.4 is 5.46 Å². The van der Waals surface area contributed by atoms with Gasteiger partial charge in [-0.3, -0.25) is 4.79 Å². The highest BCUT2D eigenvalue weighted by molar-refractivity contribution is 9.09. The van der Waals surface area contributed by atoms with E-state index in [1.165, 1.54) is 0 Å². The normalized spacial score (nSPS) is 10.1. The van der Waals surface area contributed by atoms with Crippen LogP contribution in [0.15, 0.2) is 12.1 Å². The Morgan fingerprint density at radius 1 is 1.46 bits per heavy atom. The molecule has 0 N–H and O–H groups in total. The highest BCUT2D eigenvalue weighted by Crippen LogP contribution is 2.10. The molecule has 2 radical (unpaired) electrons. The summed E-state index contributed by atoms with van der Waals surface area (Å²) < 4.78 is 25.7. The predicted molar refractivity (Wildman–Crippen MR) is 49.9 cm³/mol. The minimum Gasteiger partial charge on any atom is -0.293 e. The van der Waals surface area contributed by atoms with E-state index in [9.17, 15) is 13.6 Å². The standard InChI is InChI=1S/C8H4BBrF2O/c9-4-1-2-5(11)8(12)7(4)6(13)3-10/h1-2H,3H2. The highest BCUT2D eigenvalue weighted by Gasteiger charge is 2.16. The van der Waals surface area contributed by atoms with Gasteiger partial charge in [0.05, 0.1) is 10.9 Å². The summed E-state index contributed by atoms with van der Waals surface area (Å²) in [5.41, 5.74) is -0.444. The predicted octanol–water partition coefficient (Wildman–Crippen LogP) is 1.34. The van der Waals surface area contributed by atoms with E-state index in [-0.39, 0.29) is 10.8 Å². The van der Waals surface area contributed by atoms with Crippen LogP contribution in [0.1, 0.15) is 10.4 Å². The van der Waals surface area contributed by atoms with E-state index in [1.807, 2.05) is 0 Å². The summed E-state index contributed by atoms with van der Waals surface area (Å²) in [5, 5.41) is -0.0857. The number of halogens is 3. The molecule has 0 atom stereocenters. The maximum absolute atomic E-state index is 13.0. The zero-order valence-electron chi connectivity index (χ0n) is 6.48. The molecule has 13 heavy (non-hydrogen) atoms. The van der Waals surface area contributed by atoms with Crippen LogP contribution in [-0.4, -0.2) is 19.0 Å². The van der Waals surface area contributed by atoms with Crippen molar-refractivity contribution in [1.29, 1.82) is 0 Å². The number of rotatable bonds is 2. The molecule has 0 bridgehead atoms. The van der Waals surface area contributed by atoms with Crippen molar-refractivity contribution in [2.45, 2.75) is 0 Å². The van der Waals surface area contributed by atoms with Crippen molar-refractivity contribution < 1.29 is 13.6 Å². The van der Waals surface area contributed by atoms with E-state index in [0.717, 1.165) is 12.1 Å². The summed E-state index contributed by atoms with van der Waals surface area (Å²) >= 11 is 2.85. The van der Waals surface area contributed by atoms with Gasteiger partial charge in [0.2, 0.25) is 0 Å². The van der Waals surface area contributed by atoms with Crippen LogP contribution in [0, 0.1) is 11.6 Å². The van der Waals surface area contributed by atoms with E-state index < -0.39 is 23.0 Å². The number of carbonyl (C=O) groups is 1. The lowest BCUT2D eigenvalue weighted by molar-refractivity contribution is 0.102. The molecular formula is C8H4BBrF2O. The molecule has 5 heteroatoms. The average Bonchev–Trinajstić information content (AvgIpc) is 2.12. The maximum atomic E-state index is 13.0. The Balaban J connectivity index is 3.33. The van der Waals surface area contributed by atoms with Gasteiger partial charge in [-0.2, -0.15) is 0 Å². The second-order valence-electron chi connectivity index (χ2n) is 2.38. The van der Waals surface area contributed by atoms with Crippen molar-refractivity contribution >= 4 is 35.0 Å². The van der Waals surface area contributed by atoms with Crippen molar-refractivity contribution in [3.05, 3.63) is 29.3 Å². The summed E-state index contributed by atoms with van der Waals surface area (Å²) in [6.07, 6.45) is 0. The molecule has 1 nitrogen and oxygen atoms in total. The molecule has 0 fully saturated rings. The van der Waals surface area contributed by atoms with Gasteiger partial charge in [-0.05, 0) is 6.07 Å². The summed E-state index contributed by atoms with van der Waals surface area (Å²) in [6.45, 7) is 0. The fourth-order valence-corrected chi connectivity index (χ4v) is 1.20. The van der Waals surface area contributed by atoms with Crippen molar-refractivity contribution in [2.75, 3.05) is 5.33 Å². The molecule has 66 valence electrons. The van der Waals surface area contributed by atoms with Gasteiger partial charge >= 0.3 is 0 Å². The van der Waals surface area contributed by atoms with E-state index >= 15 is 0 Å². The van der Waals surface area contributed by atoms with Gasteiger partial charge in [0.1, 0.15) is 7.85 Å². The Bertz CT molecular complexity index is 354. The van der Waals surface area contributed by atoms with Crippen molar-refractivity contribution in [2.24, 2.45) is 0 Å². The second-order valence-corrected chi connectivity index (χ2v) is 2.94. The minimum atomic E-state index is -1.19. The molecule has 1 aromatic rings. The Labute approximate surface area is 83.7 Å². The number of hydrogen-bond donors (Lipinski definition) is 0. The highest BCUT2D eigenvalue weighted by atomic mass is 79.9. The summed E-state index contributed by atoms with van der Waals surface area (Å²) in [4.78, 5) is 11.1. The van der Waals surface area contributed by atoms with Gasteiger partial charge in [0.25, 0.3) is 0 Å². The van der Waals surface area contributed by atoms with Crippen molar-refractivity contribution in [1.82, 2.24) is 0 Å². The van der Waals surface area contributed by atoms with Gasteiger partial charge < -0.3 is 0 Å². The lowest BCUT2D eigenvalue weighted by atomic mass is 9.88.